The number of anilines is 1. The number of nitrogens with one attached hydrogen (secondary N) is 1. The van der Waals surface area contributed by atoms with Crippen molar-refractivity contribution in [2.45, 2.75) is 13.5 Å². The van der Waals surface area contributed by atoms with Crippen LogP contribution in [0.15, 0.2) is 42.5 Å². The summed E-state index contributed by atoms with van der Waals surface area (Å²) in [7, 11) is 0. The van der Waals surface area contributed by atoms with Gasteiger partial charge in [-0.05, 0) is 30.7 Å². The zero-order valence-corrected chi connectivity index (χ0v) is 10.1. The van der Waals surface area contributed by atoms with Crippen LogP contribution in [0.2, 0.25) is 0 Å². The van der Waals surface area contributed by atoms with Gasteiger partial charge in [-0.3, -0.25) is 0 Å². The number of nitrogens with zero attached hydrogens (tertiary/aromatic N) is 1. The van der Waals surface area contributed by atoms with Crippen molar-refractivity contribution >= 4 is 5.69 Å². The van der Waals surface area contributed by atoms with Gasteiger partial charge in [-0.25, -0.2) is 4.39 Å². The number of benzene rings is 2. The van der Waals surface area contributed by atoms with Crippen molar-refractivity contribution in [3.63, 3.8) is 0 Å². The van der Waals surface area contributed by atoms with Gasteiger partial charge in [-0.15, -0.1) is 0 Å². The second kappa shape index (κ2) is 5.33. The van der Waals surface area contributed by atoms with E-state index in [2.05, 4.69) is 11.4 Å². The van der Waals surface area contributed by atoms with Gasteiger partial charge in [0, 0.05) is 17.8 Å². The summed E-state index contributed by atoms with van der Waals surface area (Å²) in [6.07, 6.45) is 0. The van der Waals surface area contributed by atoms with Gasteiger partial charge in [-0.2, -0.15) is 5.26 Å². The molecule has 0 aliphatic carbocycles. The predicted molar refractivity (Wildman–Crippen MR) is 69.6 cm³/mol. The molecule has 0 bridgehead atoms. The van der Waals surface area contributed by atoms with E-state index < -0.39 is 0 Å². The molecule has 0 saturated heterocycles. The van der Waals surface area contributed by atoms with Crippen molar-refractivity contribution in [2.75, 3.05) is 5.32 Å². The molecule has 0 atom stereocenters. The van der Waals surface area contributed by atoms with Gasteiger partial charge in [0.1, 0.15) is 5.82 Å². The highest BCUT2D eigenvalue weighted by Gasteiger charge is 2.03. The third kappa shape index (κ3) is 2.67. The smallest absolute Gasteiger partial charge is 0.128 e. The molecule has 1 N–H and O–H groups in total. The average molecular weight is 240 g/mol. The Kier molecular flexibility index (Phi) is 3.59. The maximum atomic E-state index is 13.4. The van der Waals surface area contributed by atoms with Crippen LogP contribution in [0.5, 0.6) is 0 Å². The van der Waals surface area contributed by atoms with E-state index in [1.165, 1.54) is 6.07 Å². The monoisotopic (exact) mass is 240 g/mol. The molecule has 0 unspecified atom stereocenters. The average Bonchev–Trinajstić information content (AvgIpc) is 2.39. The van der Waals surface area contributed by atoms with E-state index >= 15 is 0 Å². The van der Waals surface area contributed by atoms with E-state index in [1.807, 2.05) is 13.0 Å². The van der Waals surface area contributed by atoms with Gasteiger partial charge >= 0.3 is 0 Å². The van der Waals surface area contributed by atoms with E-state index in [-0.39, 0.29) is 5.82 Å². The van der Waals surface area contributed by atoms with Crippen molar-refractivity contribution in [3.05, 3.63) is 65.0 Å². The van der Waals surface area contributed by atoms with Crippen LogP contribution in [0.1, 0.15) is 16.7 Å². The highest BCUT2D eigenvalue weighted by atomic mass is 19.1. The van der Waals surface area contributed by atoms with Gasteiger partial charge < -0.3 is 5.32 Å². The highest BCUT2D eigenvalue weighted by Crippen LogP contribution is 2.18. The van der Waals surface area contributed by atoms with Crippen molar-refractivity contribution in [1.82, 2.24) is 0 Å². The Hall–Kier alpha value is -2.34. The van der Waals surface area contributed by atoms with E-state index in [1.54, 1.807) is 30.3 Å². The Labute approximate surface area is 106 Å². The maximum Gasteiger partial charge on any atom is 0.128 e. The first kappa shape index (κ1) is 12.1. The van der Waals surface area contributed by atoms with Crippen LogP contribution < -0.4 is 5.32 Å². The van der Waals surface area contributed by atoms with Crippen LogP contribution in [-0.2, 0) is 6.54 Å². The molecule has 0 heterocycles. The summed E-state index contributed by atoms with van der Waals surface area (Å²) in [5.74, 6) is -0.223. The molecule has 2 aromatic carbocycles. The molecule has 2 rings (SSSR count). The molecular weight excluding hydrogens is 227 g/mol. The fourth-order valence-corrected chi connectivity index (χ4v) is 1.71. The highest BCUT2D eigenvalue weighted by molar-refractivity contribution is 5.55. The number of halogens is 1. The van der Waals surface area contributed by atoms with Crippen molar-refractivity contribution < 1.29 is 4.39 Å². The first-order chi connectivity index (χ1) is 8.70. The molecule has 0 amide bonds. The summed E-state index contributed by atoms with van der Waals surface area (Å²) in [6.45, 7) is 2.35. The molecule has 0 aliphatic rings. The molecule has 0 fully saturated rings. The number of aryl methyl sites for hydroxylation is 1. The Bertz CT molecular complexity index is 600. The van der Waals surface area contributed by atoms with Crippen LogP contribution in [0.3, 0.4) is 0 Å². The lowest BCUT2D eigenvalue weighted by Gasteiger charge is -2.10. The largest absolute Gasteiger partial charge is 0.381 e. The first-order valence-electron chi connectivity index (χ1n) is 5.69. The van der Waals surface area contributed by atoms with Gasteiger partial charge in [0.2, 0.25) is 0 Å². The van der Waals surface area contributed by atoms with Crippen molar-refractivity contribution in [3.8, 4) is 6.07 Å². The third-order valence-corrected chi connectivity index (χ3v) is 2.79. The Morgan fingerprint density at radius 3 is 2.72 bits per heavy atom. The summed E-state index contributed by atoms with van der Waals surface area (Å²) >= 11 is 0. The number of hydrogen-bond acceptors (Lipinski definition) is 2. The lowest BCUT2D eigenvalue weighted by Crippen LogP contribution is -2.03. The van der Waals surface area contributed by atoms with Gasteiger partial charge in [0.15, 0.2) is 0 Å². The summed E-state index contributed by atoms with van der Waals surface area (Å²) in [6, 6.07) is 14.2. The molecule has 2 aromatic rings. The molecule has 0 saturated carbocycles. The minimum absolute atomic E-state index is 0.223. The minimum atomic E-state index is -0.223. The van der Waals surface area contributed by atoms with Crippen LogP contribution in [-0.4, -0.2) is 0 Å². The van der Waals surface area contributed by atoms with Crippen LogP contribution in [0, 0.1) is 24.1 Å². The Balaban J connectivity index is 2.16. The van der Waals surface area contributed by atoms with E-state index in [0.717, 1.165) is 11.3 Å². The molecule has 0 aliphatic heterocycles. The standard InChI is InChI=1S/C15H13FN2/c1-11-6-7-12(9-17)8-15(11)18-10-13-4-2-3-5-14(13)16/h2-8,18H,10H2,1H3. The van der Waals surface area contributed by atoms with Gasteiger partial charge in [0.25, 0.3) is 0 Å². The molecule has 0 radical (unpaired) electrons. The van der Waals surface area contributed by atoms with Crippen molar-refractivity contribution in [1.29, 1.82) is 5.26 Å². The van der Waals surface area contributed by atoms with Crippen LogP contribution in [0.4, 0.5) is 10.1 Å². The molecule has 3 heteroatoms. The number of rotatable bonds is 3. The second-order valence-electron chi connectivity index (χ2n) is 4.09. The van der Waals surface area contributed by atoms with E-state index in [0.29, 0.717) is 17.7 Å². The molecule has 2 nitrogen and oxygen atoms in total. The summed E-state index contributed by atoms with van der Waals surface area (Å²) < 4.78 is 13.4. The minimum Gasteiger partial charge on any atom is -0.381 e. The second-order valence-corrected chi connectivity index (χ2v) is 4.09. The lowest BCUT2D eigenvalue weighted by molar-refractivity contribution is 0.613. The fourth-order valence-electron chi connectivity index (χ4n) is 1.71. The van der Waals surface area contributed by atoms with E-state index in [4.69, 9.17) is 5.26 Å². The lowest BCUT2D eigenvalue weighted by atomic mass is 10.1. The molecule has 18 heavy (non-hydrogen) atoms. The van der Waals surface area contributed by atoms with Crippen LogP contribution >= 0.6 is 0 Å². The maximum absolute atomic E-state index is 13.4. The zero-order valence-electron chi connectivity index (χ0n) is 10.1. The Morgan fingerprint density at radius 2 is 2.00 bits per heavy atom. The van der Waals surface area contributed by atoms with Crippen LogP contribution in [0.25, 0.3) is 0 Å². The fraction of sp³-hybridized carbons (Fsp3) is 0.133. The van der Waals surface area contributed by atoms with E-state index in [9.17, 15) is 4.39 Å². The summed E-state index contributed by atoms with van der Waals surface area (Å²) in [4.78, 5) is 0. The number of hydrogen-bond donors (Lipinski definition) is 1. The molecule has 90 valence electrons. The molecule has 0 spiro atoms. The normalized spacial score (nSPS) is 9.83. The first-order valence-corrected chi connectivity index (χ1v) is 5.69. The third-order valence-electron chi connectivity index (χ3n) is 2.79. The predicted octanol–water partition coefficient (Wildman–Crippen LogP) is 3.62. The molecular formula is C15H13FN2. The summed E-state index contributed by atoms with van der Waals surface area (Å²) in [5, 5.41) is 12.0. The van der Waals surface area contributed by atoms with Crippen molar-refractivity contribution in [2.24, 2.45) is 0 Å². The molecule has 0 aromatic heterocycles. The zero-order chi connectivity index (χ0) is 13.0. The Morgan fingerprint density at radius 1 is 1.22 bits per heavy atom. The topological polar surface area (TPSA) is 35.8 Å². The summed E-state index contributed by atoms with van der Waals surface area (Å²) in [5.41, 5.74) is 3.10. The van der Waals surface area contributed by atoms with Gasteiger partial charge in [-0.1, -0.05) is 24.3 Å². The number of nitriles is 1. The SMILES string of the molecule is Cc1ccc(C#N)cc1NCc1ccccc1F. The quantitative estimate of drug-likeness (QED) is 0.889. The van der Waals surface area contributed by atoms with Gasteiger partial charge in [0.05, 0.1) is 11.6 Å².